The van der Waals surface area contributed by atoms with Crippen LogP contribution in [0.4, 0.5) is 0 Å². The first-order chi connectivity index (χ1) is 6.74. The first-order valence-electron chi connectivity index (χ1n) is 4.71. The minimum absolute atomic E-state index is 0.0777. The molecular weight excluding hydrogens is 200 g/mol. The van der Waals surface area contributed by atoms with Crippen molar-refractivity contribution in [3.63, 3.8) is 0 Å². The lowest BCUT2D eigenvalue weighted by Gasteiger charge is -2.21. The number of halogens is 1. The molecule has 0 amide bonds. The number of carbonyl (C=O) groups is 1. The number of carbonyl (C=O) groups excluding carboxylic acids is 1. The van der Waals surface area contributed by atoms with Gasteiger partial charge in [-0.05, 0) is 35.6 Å². The molecule has 2 aliphatic heterocycles. The average molecular weight is 209 g/mol. The quantitative estimate of drug-likeness (QED) is 0.663. The van der Waals surface area contributed by atoms with Gasteiger partial charge in [0.2, 0.25) is 0 Å². The summed E-state index contributed by atoms with van der Waals surface area (Å²) in [6.45, 7) is 0. The van der Waals surface area contributed by atoms with Gasteiger partial charge in [0.1, 0.15) is 0 Å². The predicted octanol–water partition coefficient (Wildman–Crippen LogP) is 2.51. The summed E-state index contributed by atoms with van der Waals surface area (Å²) in [6, 6.07) is 7.84. The minimum Gasteiger partial charge on any atom is -0.353 e. The zero-order valence-electron chi connectivity index (χ0n) is 7.50. The smallest absolute Gasteiger partial charge is 0.258 e. The molecular formula is C11H9ClO2. The summed E-state index contributed by atoms with van der Waals surface area (Å²) in [5, 5.41) is -0.384. The summed E-state index contributed by atoms with van der Waals surface area (Å²) in [5.41, 5.74) is 1.27. The van der Waals surface area contributed by atoms with E-state index in [-0.39, 0.29) is 11.3 Å². The largest absolute Gasteiger partial charge is 0.353 e. The van der Waals surface area contributed by atoms with E-state index in [0.29, 0.717) is 0 Å². The van der Waals surface area contributed by atoms with Crippen LogP contribution in [0.1, 0.15) is 30.1 Å². The summed E-state index contributed by atoms with van der Waals surface area (Å²) in [5.74, 6) is 0. The van der Waals surface area contributed by atoms with Crippen molar-refractivity contribution in [2.24, 2.45) is 0 Å². The number of rotatable bonds is 1. The highest BCUT2D eigenvalue weighted by molar-refractivity contribution is 6.65. The Hall–Kier alpha value is -0.860. The Morgan fingerprint density at radius 2 is 2.29 bits per heavy atom. The Labute approximate surface area is 86.8 Å². The summed E-state index contributed by atoms with van der Waals surface area (Å²) in [7, 11) is 0. The fourth-order valence-electron chi connectivity index (χ4n) is 2.51. The lowest BCUT2D eigenvalue weighted by atomic mass is 9.83. The van der Waals surface area contributed by atoms with E-state index in [1.807, 2.05) is 24.3 Å². The Kier molecular flexibility index (Phi) is 1.56. The Morgan fingerprint density at radius 1 is 1.50 bits per heavy atom. The molecule has 0 radical (unpaired) electrons. The third-order valence-electron chi connectivity index (χ3n) is 3.16. The number of fused-ring (bicyclic) bond motifs is 5. The number of ether oxygens (including phenoxy) is 1. The fraction of sp³-hybridized carbons (Fsp3) is 0.364. The normalized spacial score (nSPS) is 33.1. The van der Waals surface area contributed by atoms with E-state index in [2.05, 4.69) is 0 Å². The van der Waals surface area contributed by atoms with Crippen molar-refractivity contribution in [2.45, 2.75) is 24.5 Å². The van der Waals surface area contributed by atoms with Crippen LogP contribution >= 0.6 is 11.6 Å². The predicted molar refractivity (Wildman–Crippen MR) is 52.0 cm³/mol. The minimum atomic E-state index is -0.831. The maximum Gasteiger partial charge on any atom is 0.258 e. The molecule has 2 aliphatic rings. The maximum absolute atomic E-state index is 11.4. The number of hydrogen-bond donors (Lipinski definition) is 0. The number of benzene rings is 1. The van der Waals surface area contributed by atoms with Gasteiger partial charge in [0.25, 0.3) is 5.24 Å². The van der Waals surface area contributed by atoms with Crippen molar-refractivity contribution in [1.82, 2.24) is 0 Å². The van der Waals surface area contributed by atoms with Crippen LogP contribution < -0.4 is 0 Å². The SMILES string of the molecule is O=C(Cl)C12CCC(O1)c1ccccc12. The van der Waals surface area contributed by atoms with Crippen LogP contribution in [0.5, 0.6) is 0 Å². The van der Waals surface area contributed by atoms with Crippen LogP contribution in [0.15, 0.2) is 24.3 Å². The van der Waals surface area contributed by atoms with Gasteiger partial charge < -0.3 is 4.74 Å². The average Bonchev–Trinajstić information content (AvgIpc) is 2.75. The lowest BCUT2D eigenvalue weighted by molar-refractivity contribution is -0.132. The summed E-state index contributed by atoms with van der Waals surface area (Å²) < 4.78 is 5.71. The Morgan fingerprint density at radius 3 is 3.07 bits per heavy atom. The van der Waals surface area contributed by atoms with Crippen molar-refractivity contribution in [1.29, 1.82) is 0 Å². The van der Waals surface area contributed by atoms with Crippen LogP contribution in [-0.4, -0.2) is 5.24 Å². The summed E-state index contributed by atoms with van der Waals surface area (Å²) in [6.07, 6.45) is 1.70. The van der Waals surface area contributed by atoms with E-state index in [4.69, 9.17) is 16.3 Å². The molecule has 1 aromatic rings. The molecule has 1 saturated heterocycles. The zero-order valence-corrected chi connectivity index (χ0v) is 8.25. The van der Waals surface area contributed by atoms with E-state index in [0.717, 1.165) is 24.0 Å². The second-order valence-electron chi connectivity index (χ2n) is 3.83. The molecule has 2 atom stereocenters. The van der Waals surface area contributed by atoms with E-state index >= 15 is 0 Å². The lowest BCUT2D eigenvalue weighted by Crippen LogP contribution is -2.29. The standard InChI is InChI=1S/C11H9ClO2/c12-10(13)11-6-5-9(14-11)7-3-1-2-4-8(7)11/h1-4,9H,5-6H2. The van der Waals surface area contributed by atoms with E-state index in [1.165, 1.54) is 0 Å². The van der Waals surface area contributed by atoms with Crippen molar-refractivity contribution in [2.75, 3.05) is 0 Å². The van der Waals surface area contributed by atoms with Crippen molar-refractivity contribution in [3.05, 3.63) is 35.4 Å². The summed E-state index contributed by atoms with van der Waals surface area (Å²) >= 11 is 5.63. The third kappa shape index (κ3) is 0.830. The van der Waals surface area contributed by atoms with Gasteiger partial charge >= 0.3 is 0 Å². The molecule has 0 saturated carbocycles. The molecule has 3 heteroatoms. The molecule has 14 heavy (non-hydrogen) atoms. The molecule has 0 aromatic heterocycles. The molecule has 2 bridgehead atoms. The molecule has 2 heterocycles. The van der Waals surface area contributed by atoms with E-state index in [9.17, 15) is 4.79 Å². The van der Waals surface area contributed by atoms with Gasteiger partial charge in [-0.3, -0.25) is 4.79 Å². The molecule has 2 nitrogen and oxygen atoms in total. The molecule has 72 valence electrons. The van der Waals surface area contributed by atoms with Crippen molar-refractivity contribution >= 4 is 16.8 Å². The molecule has 1 fully saturated rings. The van der Waals surface area contributed by atoms with Crippen LogP contribution in [0.25, 0.3) is 0 Å². The number of hydrogen-bond acceptors (Lipinski definition) is 2. The second-order valence-corrected chi connectivity index (χ2v) is 4.18. The highest BCUT2D eigenvalue weighted by Gasteiger charge is 2.54. The maximum atomic E-state index is 11.4. The van der Waals surface area contributed by atoms with E-state index < -0.39 is 5.60 Å². The molecule has 1 aromatic carbocycles. The fourth-order valence-corrected chi connectivity index (χ4v) is 2.75. The van der Waals surface area contributed by atoms with Crippen LogP contribution in [0.2, 0.25) is 0 Å². The monoisotopic (exact) mass is 208 g/mol. The van der Waals surface area contributed by atoms with Gasteiger partial charge in [-0.1, -0.05) is 24.3 Å². The molecule has 3 rings (SSSR count). The van der Waals surface area contributed by atoms with Crippen LogP contribution in [-0.2, 0) is 15.1 Å². The molecule has 0 N–H and O–H groups in total. The zero-order chi connectivity index (χ0) is 9.76. The van der Waals surface area contributed by atoms with Gasteiger partial charge in [-0.25, -0.2) is 0 Å². The summed E-state index contributed by atoms with van der Waals surface area (Å²) in [4.78, 5) is 11.4. The third-order valence-corrected chi connectivity index (χ3v) is 3.47. The van der Waals surface area contributed by atoms with Crippen LogP contribution in [0.3, 0.4) is 0 Å². The van der Waals surface area contributed by atoms with Crippen molar-refractivity contribution < 1.29 is 9.53 Å². The Balaban J connectivity index is 2.24. The molecule has 0 aliphatic carbocycles. The molecule has 2 unspecified atom stereocenters. The van der Waals surface area contributed by atoms with Gasteiger partial charge in [0.05, 0.1) is 6.10 Å². The molecule has 0 spiro atoms. The van der Waals surface area contributed by atoms with Gasteiger partial charge in [0, 0.05) is 0 Å². The van der Waals surface area contributed by atoms with Gasteiger partial charge in [0.15, 0.2) is 5.60 Å². The van der Waals surface area contributed by atoms with Crippen molar-refractivity contribution in [3.8, 4) is 0 Å². The highest BCUT2D eigenvalue weighted by atomic mass is 35.5. The van der Waals surface area contributed by atoms with Crippen LogP contribution in [0, 0.1) is 0 Å². The second kappa shape index (κ2) is 2.59. The topological polar surface area (TPSA) is 26.3 Å². The van der Waals surface area contributed by atoms with Gasteiger partial charge in [-0.15, -0.1) is 0 Å². The van der Waals surface area contributed by atoms with E-state index in [1.54, 1.807) is 0 Å². The van der Waals surface area contributed by atoms with Gasteiger partial charge in [-0.2, -0.15) is 0 Å². The highest BCUT2D eigenvalue weighted by Crippen LogP contribution is 2.55. The first kappa shape index (κ1) is 8.45. The Bertz CT molecular complexity index is 416. The first-order valence-corrected chi connectivity index (χ1v) is 5.09.